The SMILES string of the molecule is CCc1cc2c(cc1-c1cc(C(=O)O)on1)OCO2. The molecular weight excluding hydrogens is 250 g/mol. The van der Waals surface area contributed by atoms with Gasteiger partial charge >= 0.3 is 5.97 Å². The molecule has 1 aliphatic rings. The molecule has 0 fully saturated rings. The molecule has 0 radical (unpaired) electrons. The van der Waals surface area contributed by atoms with Crippen molar-refractivity contribution >= 4 is 5.97 Å². The van der Waals surface area contributed by atoms with Crippen LogP contribution in [0, 0.1) is 0 Å². The second kappa shape index (κ2) is 4.31. The van der Waals surface area contributed by atoms with Gasteiger partial charge in [0.05, 0.1) is 0 Å². The summed E-state index contributed by atoms with van der Waals surface area (Å²) in [5, 5.41) is 12.6. The Morgan fingerprint density at radius 2 is 2.05 bits per heavy atom. The Kier molecular flexibility index (Phi) is 2.63. The molecule has 1 aliphatic heterocycles. The monoisotopic (exact) mass is 261 g/mol. The molecule has 0 saturated heterocycles. The lowest BCUT2D eigenvalue weighted by atomic mass is 10.0. The summed E-state index contributed by atoms with van der Waals surface area (Å²) in [6, 6.07) is 5.08. The number of carboxylic acids is 1. The third-order valence-corrected chi connectivity index (χ3v) is 2.98. The van der Waals surface area contributed by atoms with E-state index in [9.17, 15) is 4.79 Å². The van der Waals surface area contributed by atoms with Crippen LogP contribution in [0.15, 0.2) is 22.7 Å². The van der Waals surface area contributed by atoms with Gasteiger partial charge in [0.1, 0.15) is 5.69 Å². The zero-order valence-corrected chi connectivity index (χ0v) is 10.2. The van der Waals surface area contributed by atoms with Gasteiger partial charge in [-0.05, 0) is 24.1 Å². The van der Waals surface area contributed by atoms with Crippen LogP contribution < -0.4 is 9.47 Å². The zero-order valence-electron chi connectivity index (χ0n) is 10.2. The number of carboxylic acid groups (broad SMARTS) is 1. The molecule has 1 aromatic carbocycles. The summed E-state index contributed by atoms with van der Waals surface area (Å²) in [6.07, 6.45) is 0.765. The van der Waals surface area contributed by atoms with E-state index in [-0.39, 0.29) is 12.6 Å². The van der Waals surface area contributed by atoms with Crippen LogP contribution in [0.2, 0.25) is 0 Å². The lowest BCUT2D eigenvalue weighted by Crippen LogP contribution is -1.92. The van der Waals surface area contributed by atoms with Gasteiger partial charge in [-0.25, -0.2) is 4.79 Å². The molecule has 0 saturated carbocycles. The van der Waals surface area contributed by atoms with Gasteiger partial charge in [-0.1, -0.05) is 12.1 Å². The molecule has 0 aliphatic carbocycles. The molecule has 2 aromatic rings. The van der Waals surface area contributed by atoms with E-state index in [1.165, 1.54) is 6.07 Å². The average molecular weight is 261 g/mol. The highest BCUT2D eigenvalue weighted by Crippen LogP contribution is 2.38. The molecule has 6 heteroatoms. The third kappa shape index (κ3) is 1.91. The van der Waals surface area contributed by atoms with Crippen LogP contribution in [-0.4, -0.2) is 23.0 Å². The van der Waals surface area contributed by atoms with Crippen molar-refractivity contribution in [3.05, 3.63) is 29.5 Å². The Hall–Kier alpha value is -2.50. The number of nitrogens with zero attached hydrogens (tertiary/aromatic N) is 1. The van der Waals surface area contributed by atoms with Crippen molar-refractivity contribution in [3.63, 3.8) is 0 Å². The minimum atomic E-state index is -1.14. The number of rotatable bonds is 3. The molecule has 6 nitrogen and oxygen atoms in total. The third-order valence-electron chi connectivity index (χ3n) is 2.98. The van der Waals surface area contributed by atoms with Gasteiger partial charge in [-0.15, -0.1) is 0 Å². The number of ether oxygens (including phenoxy) is 2. The number of carbonyl (C=O) groups is 1. The predicted octanol–water partition coefficient (Wildman–Crippen LogP) is 2.33. The molecule has 1 N–H and O–H groups in total. The smallest absolute Gasteiger partial charge is 0.374 e. The van der Waals surface area contributed by atoms with Gasteiger partial charge in [0.25, 0.3) is 0 Å². The molecule has 0 bridgehead atoms. The summed E-state index contributed by atoms with van der Waals surface area (Å²) in [7, 11) is 0. The Balaban J connectivity index is 2.10. The van der Waals surface area contributed by atoms with Gasteiger partial charge in [0, 0.05) is 11.6 Å². The van der Waals surface area contributed by atoms with Gasteiger partial charge in [-0.3, -0.25) is 0 Å². The first kappa shape index (κ1) is 11.6. The van der Waals surface area contributed by atoms with Crippen LogP contribution in [0.5, 0.6) is 11.5 Å². The van der Waals surface area contributed by atoms with Crippen LogP contribution in [0.4, 0.5) is 0 Å². The van der Waals surface area contributed by atoms with Crippen molar-refractivity contribution in [1.29, 1.82) is 0 Å². The van der Waals surface area contributed by atoms with Crippen molar-refractivity contribution < 1.29 is 23.9 Å². The fourth-order valence-electron chi connectivity index (χ4n) is 2.02. The first-order valence-corrected chi connectivity index (χ1v) is 5.82. The maximum atomic E-state index is 10.8. The van der Waals surface area contributed by atoms with E-state index in [2.05, 4.69) is 5.16 Å². The molecule has 0 amide bonds. The maximum absolute atomic E-state index is 10.8. The van der Waals surface area contributed by atoms with E-state index in [0.29, 0.717) is 17.2 Å². The number of hydrogen-bond donors (Lipinski definition) is 1. The molecule has 19 heavy (non-hydrogen) atoms. The van der Waals surface area contributed by atoms with Crippen LogP contribution in [-0.2, 0) is 6.42 Å². The molecular formula is C13H11NO5. The molecule has 3 rings (SSSR count). The lowest BCUT2D eigenvalue weighted by Gasteiger charge is -2.06. The Morgan fingerprint density at radius 3 is 2.68 bits per heavy atom. The van der Waals surface area contributed by atoms with E-state index in [1.54, 1.807) is 6.07 Å². The zero-order chi connectivity index (χ0) is 13.4. The predicted molar refractivity (Wildman–Crippen MR) is 64.4 cm³/mol. The molecule has 98 valence electrons. The molecule has 1 aromatic heterocycles. The van der Waals surface area contributed by atoms with E-state index < -0.39 is 5.97 Å². The number of fused-ring (bicyclic) bond motifs is 1. The summed E-state index contributed by atoms with van der Waals surface area (Å²) >= 11 is 0. The molecule has 0 unspecified atom stereocenters. The van der Waals surface area contributed by atoms with E-state index in [1.807, 2.05) is 13.0 Å². The van der Waals surface area contributed by atoms with Crippen molar-refractivity contribution in [3.8, 4) is 22.8 Å². The normalized spacial score (nSPS) is 12.7. The first-order valence-electron chi connectivity index (χ1n) is 5.82. The average Bonchev–Trinajstić information content (AvgIpc) is 3.05. The maximum Gasteiger partial charge on any atom is 0.374 e. The summed E-state index contributed by atoms with van der Waals surface area (Å²) in [5.41, 5.74) is 2.27. The largest absolute Gasteiger partial charge is 0.475 e. The summed E-state index contributed by atoms with van der Waals surface area (Å²) in [5.74, 6) is 0.00175. The highest BCUT2D eigenvalue weighted by atomic mass is 16.7. The Labute approximate surface area is 108 Å². The van der Waals surface area contributed by atoms with E-state index in [4.69, 9.17) is 19.1 Å². The second-order valence-electron chi connectivity index (χ2n) is 4.10. The highest BCUT2D eigenvalue weighted by Gasteiger charge is 2.20. The number of aromatic carboxylic acids is 1. The molecule has 0 atom stereocenters. The van der Waals surface area contributed by atoms with Gasteiger partial charge < -0.3 is 19.1 Å². The van der Waals surface area contributed by atoms with Gasteiger partial charge in [-0.2, -0.15) is 0 Å². The topological polar surface area (TPSA) is 81.8 Å². The summed E-state index contributed by atoms with van der Waals surface area (Å²) < 4.78 is 15.4. The number of aromatic nitrogens is 1. The first-order chi connectivity index (χ1) is 9.19. The van der Waals surface area contributed by atoms with Gasteiger partial charge in [0.15, 0.2) is 11.5 Å². The van der Waals surface area contributed by atoms with Crippen LogP contribution in [0.25, 0.3) is 11.3 Å². The quantitative estimate of drug-likeness (QED) is 0.913. The second-order valence-corrected chi connectivity index (χ2v) is 4.10. The lowest BCUT2D eigenvalue weighted by molar-refractivity contribution is 0.0652. The fourth-order valence-corrected chi connectivity index (χ4v) is 2.02. The highest BCUT2D eigenvalue weighted by molar-refractivity contribution is 5.86. The number of hydrogen-bond acceptors (Lipinski definition) is 5. The van der Waals surface area contributed by atoms with E-state index in [0.717, 1.165) is 17.5 Å². The Morgan fingerprint density at radius 1 is 1.32 bits per heavy atom. The van der Waals surface area contributed by atoms with Crippen molar-refractivity contribution in [1.82, 2.24) is 5.16 Å². The number of aryl methyl sites for hydroxylation is 1. The van der Waals surface area contributed by atoms with Crippen LogP contribution in [0.3, 0.4) is 0 Å². The fraction of sp³-hybridized carbons (Fsp3) is 0.231. The van der Waals surface area contributed by atoms with Crippen LogP contribution in [0.1, 0.15) is 23.0 Å². The molecule has 2 heterocycles. The summed E-state index contributed by atoms with van der Waals surface area (Å²) in [4.78, 5) is 10.8. The molecule has 0 spiro atoms. The Bertz CT molecular complexity index is 646. The standard InChI is InChI=1S/C13H11NO5/c1-2-7-3-10-11(18-6-17-10)4-8(7)9-5-12(13(15)16)19-14-9/h3-5H,2,6H2,1H3,(H,15,16). The van der Waals surface area contributed by atoms with Crippen molar-refractivity contribution in [2.45, 2.75) is 13.3 Å². The van der Waals surface area contributed by atoms with E-state index >= 15 is 0 Å². The van der Waals surface area contributed by atoms with Crippen molar-refractivity contribution in [2.75, 3.05) is 6.79 Å². The minimum absolute atomic E-state index is 0.185. The van der Waals surface area contributed by atoms with Gasteiger partial charge in [0.2, 0.25) is 12.6 Å². The van der Waals surface area contributed by atoms with Crippen molar-refractivity contribution in [2.24, 2.45) is 0 Å². The minimum Gasteiger partial charge on any atom is -0.475 e. The summed E-state index contributed by atoms with van der Waals surface area (Å²) in [6.45, 7) is 2.19. The number of benzene rings is 1. The van der Waals surface area contributed by atoms with Crippen LogP contribution >= 0.6 is 0 Å².